The van der Waals surface area contributed by atoms with Gasteiger partial charge in [-0.25, -0.2) is 4.99 Å². The lowest BCUT2D eigenvalue weighted by Gasteiger charge is -2.28. The van der Waals surface area contributed by atoms with Gasteiger partial charge in [0, 0.05) is 0 Å². The molecule has 3 rings (SSSR count). The zero-order chi connectivity index (χ0) is 9.76. The van der Waals surface area contributed by atoms with Gasteiger partial charge in [-0.1, -0.05) is 24.3 Å². The number of aliphatic imine (C=N–C) groups is 1. The minimum absolute atomic E-state index is 0.0520. The Morgan fingerprint density at radius 2 is 2.14 bits per heavy atom. The van der Waals surface area contributed by atoms with Crippen LogP contribution in [-0.4, -0.2) is 12.5 Å². The van der Waals surface area contributed by atoms with Gasteiger partial charge < -0.3 is 4.74 Å². The third kappa shape index (κ3) is 0.834. The Hall–Kier alpha value is -1.31. The Morgan fingerprint density at radius 3 is 3.00 bits per heavy atom. The van der Waals surface area contributed by atoms with Crippen LogP contribution in [0.5, 0.6) is 0 Å². The van der Waals surface area contributed by atoms with Crippen LogP contribution in [0.1, 0.15) is 31.0 Å². The number of ether oxygens (including phenoxy) is 1. The molecule has 0 aliphatic carbocycles. The predicted molar refractivity (Wildman–Crippen MR) is 55.6 cm³/mol. The molecule has 1 aromatic rings. The van der Waals surface area contributed by atoms with Crippen molar-refractivity contribution >= 4 is 5.90 Å². The van der Waals surface area contributed by atoms with Crippen LogP contribution in [0.25, 0.3) is 0 Å². The maximum atomic E-state index is 5.62. The van der Waals surface area contributed by atoms with Gasteiger partial charge in [0.1, 0.15) is 12.6 Å². The zero-order valence-corrected chi connectivity index (χ0v) is 8.45. The van der Waals surface area contributed by atoms with Crippen molar-refractivity contribution in [2.75, 3.05) is 6.61 Å². The van der Waals surface area contributed by atoms with Crippen LogP contribution >= 0.6 is 0 Å². The van der Waals surface area contributed by atoms with E-state index in [0.29, 0.717) is 0 Å². The molecule has 0 N–H and O–H groups in total. The largest absolute Gasteiger partial charge is 0.478 e. The monoisotopic (exact) mass is 187 g/mol. The number of fused-ring (bicyclic) bond motifs is 3. The molecule has 0 aromatic heterocycles. The fraction of sp³-hybridized carbons (Fsp3) is 0.417. The van der Waals surface area contributed by atoms with Gasteiger partial charge in [-0.3, -0.25) is 0 Å². The van der Waals surface area contributed by atoms with E-state index in [-0.39, 0.29) is 11.5 Å². The van der Waals surface area contributed by atoms with Gasteiger partial charge in [0.25, 0.3) is 0 Å². The van der Waals surface area contributed by atoms with Crippen molar-refractivity contribution < 1.29 is 4.74 Å². The number of rotatable bonds is 0. The molecular weight excluding hydrogens is 174 g/mol. The summed E-state index contributed by atoms with van der Waals surface area (Å²) in [5.74, 6) is 0.904. The summed E-state index contributed by atoms with van der Waals surface area (Å²) in [6.45, 7) is 5.06. The second-order valence-electron chi connectivity index (χ2n) is 4.47. The Labute approximate surface area is 83.6 Å². The van der Waals surface area contributed by atoms with Crippen molar-refractivity contribution in [3.05, 3.63) is 35.4 Å². The molecule has 0 unspecified atom stereocenters. The quantitative estimate of drug-likeness (QED) is 0.611. The van der Waals surface area contributed by atoms with Gasteiger partial charge in [0.05, 0.1) is 5.41 Å². The molecule has 2 nitrogen and oxygen atoms in total. The average Bonchev–Trinajstić information content (AvgIpc) is 2.63. The predicted octanol–water partition coefficient (Wildman–Crippen LogP) is 2.45. The SMILES string of the molecule is CC1(C)C2=N[C@H](CO2)c2ccccc21. The lowest BCUT2D eigenvalue weighted by Crippen LogP contribution is -2.31. The first-order chi connectivity index (χ1) is 6.69. The van der Waals surface area contributed by atoms with Gasteiger partial charge in [0.2, 0.25) is 0 Å². The third-order valence-corrected chi connectivity index (χ3v) is 3.18. The van der Waals surface area contributed by atoms with E-state index >= 15 is 0 Å². The highest BCUT2D eigenvalue weighted by Crippen LogP contribution is 2.41. The molecule has 2 aliphatic rings. The highest BCUT2D eigenvalue weighted by molar-refractivity contribution is 5.91. The minimum atomic E-state index is -0.0520. The average molecular weight is 187 g/mol. The maximum absolute atomic E-state index is 5.62. The first-order valence-corrected chi connectivity index (χ1v) is 5.00. The van der Waals surface area contributed by atoms with Crippen LogP contribution in [0.15, 0.2) is 29.3 Å². The Balaban J connectivity index is 2.27. The summed E-state index contributed by atoms with van der Waals surface area (Å²) >= 11 is 0. The van der Waals surface area contributed by atoms with E-state index in [1.165, 1.54) is 11.1 Å². The van der Waals surface area contributed by atoms with E-state index in [2.05, 4.69) is 43.1 Å². The molecule has 0 saturated heterocycles. The molecule has 0 radical (unpaired) electrons. The van der Waals surface area contributed by atoms with Crippen molar-refractivity contribution in [2.24, 2.45) is 4.99 Å². The van der Waals surface area contributed by atoms with E-state index < -0.39 is 0 Å². The van der Waals surface area contributed by atoms with Crippen molar-refractivity contribution in [3.8, 4) is 0 Å². The van der Waals surface area contributed by atoms with Gasteiger partial charge >= 0.3 is 0 Å². The lowest BCUT2D eigenvalue weighted by atomic mass is 9.78. The number of hydrogen-bond acceptors (Lipinski definition) is 2. The topological polar surface area (TPSA) is 21.6 Å². The summed E-state index contributed by atoms with van der Waals surface area (Å²) in [6.07, 6.45) is 0. The molecule has 1 atom stereocenters. The summed E-state index contributed by atoms with van der Waals surface area (Å²) in [4.78, 5) is 4.58. The van der Waals surface area contributed by atoms with Crippen molar-refractivity contribution in [2.45, 2.75) is 25.3 Å². The van der Waals surface area contributed by atoms with Crippen LogP contribution in [0.3, 0.4) is 0 Å². The summed E-state index contributed by atoms with van der Waals surface area (Å²) in [5, 5.41) is 0. The van der Waals surface area contributed by atoms with Crippen molar-refractivity contribution in [1.82, 2.24) is 0 Å². The van der Waals surface area contributed by atoms with Crippen LogP contribution in [0, 0.1) is 0 Å². The molecule has 2 aliphatic heterocycles. The van der Waals surface area contributed by atoms with Crippen LogP contribution < -0.4 is 0 Å². The van der Waals surface area contributed by atoms with Crippen LogP contribution in [-0.2, 0) is 10.2 Å². The number of hydrogen-bond donors (Lipinski definition) is 0. The van der Waals surface area contributed by atoms with E-state index in [1.54, 1.807) is 0 Å². The normalized spacial score (nSPS) is 26.4. The molecule has 14 heavy (non-hydrogen) atoms. The molecule has 0 amide bonds. The van der Waals surface area contributed by atoms with E-state index in [4.69, 9.17) is 4.74 Å². The van der Waals surface area contributed by atoms with E-state index in [1.807, 2.05) is 0 Å². The first kappa shape index (κ1) is 8.04. The zero-order valence-electron chi connectivity index (χ0n) is 8.45. The Kier molecular flexibility index (Phi) is 1.37. The van der Waals surface area contributed by atoms with Gasteiger partial charge in [-0.15, -0.1) is 0 Å². The van der Waals surface area contributed by atoms with Gasteiger partial charge in [0.15, 0.2) is 5.90 Å². The van der Waals surface area contributed by atoms with E-state index in [0.717, 1.165) is 12.5 Å². The fourth-order valence-corrected chi connectivity index (χ4v) is 2.35. The molecule has 2 heteroatoms. The Morgan fingerprint density at radius 1 is 1.36 bits per heavy atom. The third-order valence-electron chi connectivity index (χ3n) is 3.18. The van der Waals surface area contributed by atoms with Gasteiger partial charge in [-0.2, -0.15) is 0 Å². The number of benzene rings is 1. The second kappa shape index (κ2) is 2.38. The molecule has 2 bridgehead atoms. The summed E-state index contributed by atoms with van der Waals surface area (Å²) in [5.41, 5.74) is 2.65. The first-order valence-electron chi connectivity index (χ1n) is 5.00. The summed E-state index contributed by atoms with van der Waals surface area (Å²) < 4.78 is 5.62. The molecule has 0 fully saturated rings. The van der Waals surface area contributed by atoms with Gasteiger partial charge in [-0.05, 0) is 25.0 Å². The standard InChI is InChI=1S/C12H13NO/c1-12(2)9-6-4-3-5-8(9)10-7-14-11(12)13-10/h3-6,10H,7H2,1-2H3/t10-/m1/s1. The molecule has 72 valence electrons. The second-order valence-corrected chi connectivity index (χ2v) is 4.47. The molecule has 1 aromatic carbocycles. The maximum Gasteiger partial charge on any atom is 0.194 e. The Bertz CT molecular complexity index is 420. The van der Waals surface area contributed by atoms with Crippen LogP contribution in [0.4, 0.5) is 0 Å². The summed E-state index contributed by atoms with van der Waals surface area (Å²) in [6, 6.07) is 8.76. The highest BCUT2D eigenvalue weighted by Gasteiger charge is 2.41. The van der Waals surface area contributed by atoms with E-state index in [9.17, 15) is 0 Å². The highest BCUT2D eigenvalue weighted by atomic mass is 16.5. The fourth-order valence-electron chi connectivity index (χ4n) is 2.35. The van der Waals surface area contributed by atoms with Crippen molar-refractivity contribution in [1.29, 1.82) is 0 Å². The molecule has 0 spiro atoms. The summed E-state index contributed by atoms with van der Waals surface area (Å²) in [7, 11) is 0. The number of nitrogens with zero attached hydrogens (tertiary/aromatic N) is 1. The van der Waals surface area contributed by atoms with Crippen molar-refractivity contribution in [3.63, 3.8) is 0 Å². The molecular formula is C12H13NO. The minimum Gasteiger partial charge on any atom is -0.478 e. The lowest BCUT2D eigenvalue weighted by molar-refractivity contribution is 0.305. The smallest absolute Gasteiger partial charge is 0.194 e. The molecule has 2 heterocycles. The molecule has 0 saturated carbocycles. The van der Waals surface area contributed by atoms with Crippen LogP contribution in [0.2, 0.25) is 0 Å².